The second-order valence-corrected chi connectivity index (χ2v) is 20.4. The predicted molar refractivity (Wildman–Crippen MR) is 201 cm³/mol. The van der Waals surface area contributed by atoms with E-state index in [-0.39, 0.29) is 45.5 Å². The largest absolute Gasteiger partial charge is 0.481 e. The third-order valence-electron chi connectivity index (χ3n) is 16.8. The van der Waals surface area contributed by atoms with Crippen LogP contribution in [0.3, 0.4) is 0 Å². The lowest BCUT2D eigenvalue weighted by atomic mass is 9.33. The average Bonchev–Trinajstić information content (AvgIpc) is 3.59. The molecule has 51 heavy (non-hydrogen) atoms. The molecule has 0 spiro atoms. The normalized spacial score (nSPS) is 38.8. The second kappa shape index (κ2) is 12.3. The Hall–Kier alpha value is -2.47. The van der Waals surface area contributed by atoms with Crippen LogP contribution in [0.1, 0.15) is 144 Å². The number of Topliss-reactive ketones (excluding diaryl/α,β-unsaturated/α-hetero) is 1. The molecule has 1 aromatic carbocycles. The molecular formula is C45H65NO5. The SMILES string of the molecule is CC(C)C1=C2[C@H]3CCC4[C@@]5(C)CC[C@H](OC(=O)CC(C)(C)C(=O)O)C(C)(C)C5CC[C@@]4(C)[C@]3(C)CC[C@@]2(CCN2Cc3ccccc3C2)CC1=O. The first-order valence-corrected chi connectivity index (χ1v) is 20.3. The number of ether oxygens (including phenoxy) is 1. The number of benzene rings is 1. The summed E-state index contributed by atoms with van der Waals surface area (Å²) in [5.74, 6) is 0.773. The molecule has 0 radical (unpaired) electrons. The molecule has 6 aliphatic rings. The number of ketones is 1. The summed E-state index contributed by atoms with van der Waals surface area (Å²) < 4.78 is 6.19. The molecule has 0 bridgehead atoms. The van der Waals surface area contributed by atoms with E-state index in [0.717, 1.165) is 58.2 Å². The van der Waals surface area contributed by atoms with E-state index >= 15 is 0 Å². The monoisotopic (exact) mass is 699 g/mol. The zero-order valence-electron chi connectivity index (χ0n) is 33.1. The van der Waals surface area contributed by atoms with Gasteiger partial charge in [0, 0.05) is 30.3 Å². The van der Waals surface area contributed by atoms with Crippen molar-refractivity contribution in [2.24, 2.45) is 56.2 Å². The van der Waals surface area contributed by atoms with Crippen LogP contribution in [0.25, 0.3) is 0 Å². The van der Waals surface area contributed by atoms with Crippen molar-refractivity contribution < 1.29 is 24.2 Å². The summed E-state index contributed by atoms with van der Waals surface area (Å²) in [6, 6.07) is 8.87. The van der Waals surface area contributed by atoms with Crippen LogP contribution >= 0.6 is 0 Å². The highest BCUT2D eigenvalue weighted by Gasteiger charge is 2.70. The maximum absolute atomic E-state index is 14.1. The number of aliphatic carboxylic acids is 1. The predicted octanol–water partition coefficient (Wildman–Crippen LogP) is 9.79. The number of carbonyl (C=O) groups excluding carboxylic acids is 2. The molecule has 1 aromatic rings. The van der Waals surface area contributed by atoms with Crippen LogP contribution in [0.15, 0.2) is 35.4 Å². The highest BCUT2D eigenvalue weighted by atomic mass is 16.5. The minimum absolute atomic E-state index is 0.000922. The van der Waals surface area contributed by atoms with Crippen molar-refractivity contribution in [1.29, 1.82) is 0 Å². The molecule has 5 aliphatic carbocycles. The lowest BCUT2D eigenvalue weighted by molar-refractivity contribution is -0.233. The van der Waals surface area contributed by atoms with Crippen LogP contribution in [-0.4, -0.2) is 40.4 Å². The number of carboxylic acid groups (broad SMARTS) is 1. The summed E-state index contributed by atoms with van der Waals surface area (Å²) in [7, 11) is 0. The summed E-state index contributed by atoms with van der Waals surface area (Å²) >= 11 is 0. The number of hydrogen-bond donors (Lipinski definition) is 1. The van der Waals surface area contributed by atoms with Crippen LogP contribution in [0.5, 0.6) is 0 Å². The maximum Gasteiger partial charge on any atom is 0.309 e. The van der Waals surface area contributed by atoms with E-state index in [9.17, 15) is 19.5 Å². The van der Waals surface area contributed by atoms with Crippen LogP contribution in [0, 0.1) is 56.2 Å². The van der Waals surface area contributed by atoms with Gasteiger partial charge in [0.15, 0.2) is 5.78 Å². The first-order valence-electron chi connectivity index (χ1n) is 20.3. The fraction of sp³-hybridized carbons (Fsp3) is 0.756. The summed E-state index contributed by atoms with van der Waals surface area (Å²) in [6.45, 7) is 23.3. The van der Waals surface area contributed by atoms with Crippen molar-refractivity contribution in [3.05, 3.63) is 46.5 Å². The van der Waals surface area contributed by atoms with Gasteiger partial charge < -0.3 is 9.84 Å². The lowest BCUT2D eigenvalue weighted by Gasteiger charge is -2.72. The number of nitrogens with zero attached hydrogens (tertiary/aromatic N) is 1. The maximum atomic E-state index is 14.1. The topological polar surface area (TPSA) is 83.9 Å². The van der Waals surface area contributed by atoms with Crippen LogP contribution < -0.4 is 0 Å². The van der Waals surface area contributed by atoms with Crippen LogP contribution in [0.4, 0.5) is 0 Å². The number of allylic oxidation sites excluding steroid dienone is 2. The molecule has 0 saturated heterocycles. The van der Waals surface area contributed by atoms with E-state index < -0.39 is 17.4 Å². The molecular weight excluding hydrogens is 634 g/mol. The fourth-order valence-corrected chi connectivity index (χ4v) is 13.8. The molecule has 1 aliphatic heterocycles. The van der Waals surface area contributed by atoms with Gasteiger partial charge in [0.05, 0.1) is 11.8 Å². The number of carbonyl (C=O) groups is 3. The smallest absolute Gasteiger partial charge is 0.309 e. The van der Waals surface area contributed by atoms with Crippen molar-refractivity contribution in [1.82, 2.24) is 4.90 Å². The number of carboxylic acids is 1. The van der Waals surface area contributed by atoms with E-state index in [1.54, 1.807) is 19.4 Å². The Morgan fingerprint density at radius 1 is 0.902 bits per heavy atom. The first-order chi connectivity index (χ1) is 23.8. The summed E-state index contributed by atoms with van der Waals surface area (Å²) in [4.78, 5) is 41.6. The second-order valence-electron chi connectivity index (χ2n) is 20.4. The van der Waals surface area contributed by atoms with E-state index in [4.69, 9.17) is 4.74 Å². The summed E-state index contributed by atoms with van der Waals surface area (Å²) in [5, 5.41) is 9.62. The molecule has 4 fully saturated rings. The highest BCUT2D eigenvalue weighted by molar-refractivity contribution is 6.00. The highest BCUT2D eigenvalue weighted by Crippen LogP contribution is 2.77. The van der Waals surface area contributed by atoms with Crippen LogP contribution in [0.2, 0.25) is 0 Å². The van der Waals surface area contributed by atoms with Gasteiger partial charge in [0.25, 0.3) is 0 Å². The quantitative estimate of drug-likeness (QED) is 0.272. The lowest BCUT2D eigenvalue weighted by Crippen LogP contribution is -2.65. The zero-order valence-corrected chi connectivity index (χ0v) is 33.1. The van der Waals surface area contributed by atoms with Crippen LogP contribution in [-0.2, 0) is 32.2 Å². The number of fused-ring (bicyclic) bond motifs is 8. The van der Waals surface area contributed by atoms with Gasteiger partial charge in [0.2, 0.25) is 0 Å². The Labute approximate surface area is 307 Å². The van der Waals surface area contributed by atoms with Crippen molar-refractivity contribution in [3.63, 3.8) is 0 Å². The van der Waals surface area contributed by atoms with E-state index in [2.05, 4.69) is 77.6 Å². The fourth-order valence-electron chi connectivity index (χ4n) is 13.8. The molecule has 2 unspecified atom stereocenters. The van der Waals surface area contributed by atoms with Gasteiger partial charge in [-0.3, -0.25) is 19.3 Å². The van der Waals surface area contributed by atoms with Crippen molar-refractivity contribution in [3.8, 4) is 0 Å². The molecule has 6 nitrogen and oxygen atoms in total. The van der Waals surface area contributed by atoms with Crippen molar-refractivity contribution >= 4 is 17.7 Å². The Balaban J connectivity index is 1.14. The van der Waals surface area contributed by atoms with Crippen molar-refractivity contribution in [2.45, 2.75) is 152 Å². The third kappa shape index (κ3) is 5.53. The minimum atomic E-state index is -1.14. The van der Waals surface area contributed by atoms with Gasteiger partial charge in [-0.1, -0.05) is 78.3 Å². The standard InChI is InChI=1S/C45H65NO5/c1-28(2)37-32(47)24-45(22-23-46-26-29-12-10-11-13-30(29)27-46)21-20-43(8)31(38(37)45)14-15-34-42(7)18-17-35(51-36(48)25-40(3,4)39(49)50)41(5,6)33(42)16-19-44(34,43)9/h10-13,28,31,33-35H,14-27H2,1-9H3,(H,49,50)/t31-,33?,34?,35+,42+,43-,44-,45-/m1/s1. The van der Waals surface area contributed by atoms with E-state index in [0.29, 0.717) is 30.0 Å². The summed E-state index contributed by atoms with van der Waals surface area (Å²) in [6.07, 6.45) is 10.3. The Morgan fingerprint density at radius 2 is 1.57 bits per heavy atom. The zero-order chi connectivity index (χ0) is 36.9. The molecule has 7 rings (SSSR count). The summed E-state index contributed by atoms with van der Waals surface area (Å²) in [5.41, 5.74) is 4.78. The van der Waals surface area contributed by atoms with Gasteiger partial charge >= 0.3 is 11.9 Å². The Morgan fingerprint density at radius 3 is 2.20 bits per heavy atom. The van der Waals surface area contributed by atoms with E-state index in [1.807, 2.05) is 0 Å². The molecule has 8 atom stereocenters. The van der Waals surface area contributed by atoms with Gasteiger partial charge in [-0.25, -0.2) is 0 Å². The van der Waals surface area contributed by atoms with Crippen molar-refractivity contribution in [2.75, 3.05) is 6.54 Å². The molecule has 1 N–H and O–H groups in total. The minimum Gasteiger partial charge on any atom is -0.481 e. The average molecular weight is 700 g/mol. The molecule has 0 amide bonds. The molecule has 280 valence electrons. The molecule has 1 heterocycles. The number of rotatable bonds is 8. The van der Waals surface area contributed by atoms with Gasteiger partial charge in [0.1, 0.15) is 6.10 Å². The number of hydrogen-bond acceptors (Lipinski definition) is 5. The van der Waals surface area contributed by atoms with E-state index in [1.165, 1.54) is 36.0 Å². The molecule has 4 saturated carbocycles. The Kier molecular flexibility index (Phi) is 8.88. The number of esters is 1. The molecule has 0 aromatic heterocycles. The van der Waals surface area contributed by atoms with Gasteiger partial charge in [-0.05, 0) is 135 Å². The molecule has 6 heteroatoms. The van der Waals surface area contributed by atoms with Gasteiger partial charge in [-0.2, -0.15) is 0 Å². The van der Waals surface area contributed by atoms with Gasteiger partial charge in [-0.15, -0.1) is 0 Å². The third-order valence-corrected chi connectivity index (χ3v) is 16.8. The first kappa shape index (κ1) is 36.9. The Bertz CT molecular complexity index is 1610.